The van der Waals surface area contributed by atoms with Crippen molar-refractivity contribution in [2.75, 3.05) is 7.05 Å². The molecule has 1 amide bonds. The third kappa shape index (κ3) is 2.93. The number of likely N-dealkylation sites (N-methyl/N-ethyl adjacent to an activating group) is 1. The van der Waals surface area contributed by atoms with Crippen LogP contribution < -0.4 is 5.56 Å². The molecule has 0 fully saturated rings. The lowest BCUT2D eigenvalue weighted by Gasteiger charge is -2.16. The number of hydrogen-bond donors (Lipinski definition) is 1. The molecule has 0 bridgehead atoms. The number of nitrogens with one attached hydrogen (secondary N) is 1. The lowest BCUT2D eigenvalue weighted by atomic mass is 10.1. The van der Waals surface area contributed by atoms with Crippen LogP contribution in [0, 0.1) is 0 Å². The smallest absolute Gasteiger partial charge is 0.272 e. The molecule has 1 N–H and O–H groups in total. The molecule has 0 saturated heterocycles. The standard InChI is InChI=1S/C14H15N7O2/c1-20(8-12-16-18-19-21(12)2)13(22)7-11-9-5-3-4-6-10(9)14(23)17-15-11/h3-6H,7-8H2,1-2H3,(H,17,23). The maximum Gasteiger partial charge on any atom is 0.272 e. The molecular formula is C14H15N7O2. The van der Waals surface area contributed by atoms with E-state index in [1.54, 1.807) is 32.3 Å². The Balaban J connectivity index is 1.82. The van der Waals surface area contributed by atoms with Crippen molar-refractivity contribution in [2.24, 2.45) is 7.05 Å². The second kappa shape index (κ2) is 5.95. The van der Waals surface area contributed by atoms with Gasteiger partial charge in [-0.05, 0) is 16.5 Å². The highest BCUT2D eigenvalue weighted by atomic mass is 16.2. The highest BCUT2D eigenvalue weighted by molar-refractivity contribution is 5.88. The summed E-state index contributed by atoms with van der Waals surface area (Å²) in [6, 6.07) is 7.08. The predicted octanol–water partition coefficient (Wildman–Crippen LogP) is -0.352. The molecule has 23 heavy (non-hydrogen) atoms. The van der Waals surface area contributed by atoms with Crippen LogP contribution in [0.4, 0.5) is 0 Å². The third-order valence-corrected chi connectivity index (χ3v) is 3.61. The van der Waals surface area contributed by atoms with Crippen molar-refractivity contribution in [3.05, 3.63) is 46.1 Å². The van der Waals surface area contributed by atoms with E-state index >= 15 is 0 Å². The maximum atomic E-state index is 12.4. The monoisotopic (exact) mass is 313 g/mol. The summed E-state index contributed by atoms with van der Waals surface area (Å²) >= 11 is 0. The molecule has 0 atom stereocenters. The first-order valence-electron chi connectivity index (χ1n) is 6.97. The summed E-state index contributed by atoms with van der Waals surface area (Å²) in [6.07, 6.45) is 0.0824. The van der Waals surface area contributed by atoms with E-state index in [-0.39, 0.29) is 17.9 Å². The molecule has 0 radical (unpaired) electrons. The van der Waals surface area contributed by atoms with Gasteiger partial charge in [0.05, 0.1) is 24.0 Å². The fraction of sp³-hybridized carbons (Fsp3) is 0.286. The molecule has 3 rings (SSSR count). The molecule has 0 aliphatic rings. The number of hydrogen-bond acceptors (Lipinski definition) is 6. The third-order valence-electron chi connectivity index (χ3n) is 3.61. The molecule has 2 heterocycles. The normalized spacial score (nSPS) is 10.9. The average molecular weight is 313 g/mol. The second-order valence-electron chi connectivity index (χ2n) is 5.19. The molecule has 1 aromatic carbocycles. The maximum absolute atomic E-state index is 12.4. The van der Waals surface area contributed by atoms with Crippen molar-refractivity contribution in [2.45, 2.75) is 13.0 Å². The Morgan fingerprint density at radius 3 is 2.74 bits per heavy atom. The van der Waals surface area contributed by atoms with Crippen LogP contribution >= 0.6 is 0 Å². The Labute approximate surface area is 130 Å². The highest BCUT2D eigenvalue weighted by Crippen LogP contribution is 2.13. The Morgan fingerprint density at radius 1 is 1.30 bits per heavy atom. The van der Waals surface area contributed by atoms with E-state index < -0.39 is 0 Å². The Hall–Kier alpha value is -3.10. The molecular weight excluding hydrogens is 298 g/mol. The quantitative estimate of drug-likeness (QED) is 0.705. The van der Waals surface area contributed by atoms with Crippen molar-refractivity contribution in [1.29, 1.82) is 0 Å². The molecule has 9 nitrogen and oxygen atoms in total. The van der Waals surface area contributed by atoms with E-state index in [0.29, 0.717) is 28.8 Å². The number of H-pyrrole nitrogens is 1. The number of nitrogens with zero attached hydrogens (tertiary/aromatic N) is 6. The van der Waals surface area contributed by atoms with Gasteiger partial charge < -0.3 is 4.90 Å². The van der Waals surface area contributed by atoms with E-state index in [1.165, 1.54) is 9.58 Å². The number of amides is 1. The van der Waals surface area contributed by atoms with Gasteiger partial charge in [0.25, 0.3) is 5.56 Å². The SMILES string of the molecule is CN(Cc1nnnn1C)C(=O)Cc1n[nH]c(=O)c2ccccc12. The zero-order valence-corrected chi connectivity index (χ0v) is 12.7. The summed E-state index contributed by atoms with van der Waals surface area (Å²) in [4.78, 5) is 25.7. The van der Waals surface area contributed by atoms with Crippen LogP contribution in [0.15, 0.2) is 29.1 Å². The summed E-state index contributed by atoms with van der Waals surface area (Å²) in [7, 11) is 3.38. The number of fused-ring (bicyclic) bond motifs is 1. The van der Waals surface area contributed by atoms with E-state index in [9.17, 15) is 9.59 Å². The zero-order chi connectivity index (χ0) is 16.4. The minimum Gasteiger partial charge on any atom is -0.338 e. The molecule has 2 aromatic heterocycles. The van der Waals surface area contributed by atoms with Gasteiger partial charge in [0.1, 0.15) is 0 Å². The van der Waals surface area contributed by atoms with Gasteiger partial charge in [-0.25, -0.2) is 9.78 Å². The predicted molar refractivity (Wildman–Crippen MR) is 81.3 cm³/mol. The van der Waals surface area contributed by atoms with Crippen molar-refractivity contribution in [3.8, 4) is 0 Å². The highest BCUT2D eigenvalue weighted by Gasteiger charge is 2.16. The molecule has 0 spiro atoms. The van der Waals surface area contributed by atoms with Crippen LogP contribution in [-0.4, -0.2) is 48.3 Å². The molecule has 9 heteroatoms. The number of rotatable bonds is 4. The summed E-state index contributed by atoms with van der Waals surface area (Å²) < 4.78 is 1.51. The van der Waals surface area contributed by atoms with E-state index in [1.807, 2.05) is 6.07 Å². The summed E-state index contributed by atoms with van der Waals surface area (Å²) in [5.41, 5.74) is 0.267. The lowest BCUT2D eigenvalue weighted by molar-refractivity contribution is -0.129. The molecule has 0 saturated carbocycles. The van der Waals surface area contributed by atoms with E-state index in [4.69, 9.17) is 0 Å². The van der Waals surface area contributed by atoms with Crippen LogP contribution in [0.3, 0.4) is 0 Å². The number of tetrazole rings is 1. The lowest BCUT2D eigenvalue weighted by Crippen LogP contribution is -2.29. The largest absolute Gasteiger partial charge is 0.338 e. The number of aromatic amines is 1. The fourth-order valence-electron chi connectivity index (χ4n) is 2.27. The van der Waals surface area contributed by atoms with Crippen LogP contribution in [0.25, 0.3) is 10.8 Å². The average Bonchev–Trinajstić information content (AvgIpc) is 2.95. The van der Waals surface area contributed by atoms with Gasteiger partial charge in [-0.2, -0.15) is 5.10 Å². The van der Waals surface area contributed by atoms with Crippen molar-refractivity contribution >= 4 is 16.7 Å². The van der Waals surface area contributed by atoms with Gasteiger partial charge in [0.15, 0.2) is 5.82 Å². The van der Waals surface area contributed by atoms with Crippen molar-refractivity contribution in [1.82, 2.24) is 35.3 Å². The van der Waals surface area contributed by atoms with Crippen molar-refractivity contribution < 1.29 is 4.79 Å². The first kappa shape index (κ1) is 14.8. The second-order valence-corrected chi connectivity index (χ2v) is 5.19. The first-order valence-corrected chi connectivity index (χ1v) is 6.97. The number of carbonyl (C=O) groups excluding carboxylic acids is 1. The number of aromatic nitrogens is 6. The van der Waals surface area contributed by atoms with E-state index in [0.717, 1.165) is 0 Å². The van der Waals surface area contributed by atoms with Crippen LogP contribution in [0.2, 0.25) is 0 Å². The van der Waals surface area contributed by atoms with Crippen molar-refractivity contribution in [3.63, 3.8) is 0 Å². The van der Waals surface area contributed by atoms with Gasteiger partial charge in [-0.1, -0.05) is 18.2 Å². The molecule has 0 aliphatic heterocycles. The number of aryl methyl sites for hydroxylation is 1. The van der Waals surface area contributed by atoms with E-state index in [2.05, 4.69) is 25.7 Å². The van der Waals surface area contributed by atoms with Crippen LogP contribution in [0.5, 0.6) is 0 Å². The topological polar surface area (TPSA) is 110 Å². The van der Waals surface area contributed by atoms with Gasteiger partial charge in [-0.3, -0.25) is 9.59 Å². The fourth-order valence-corrected chi connectivity index (χ4v) is 2.27. The summed E-state index contributed by atoms with van der Waals surface area (Å²) in [6.45, 7) is 0.295. The van der Waals surface area contributed by atoms with Crippen LogP contribution in [0.1, 0.15) is 11.5 Å². The summed E-state index contributed by atoms with van der Waals surface area (Å²) in [5.74, 6) is 0.442. The molecule has 118 valence electrons. The molecule has 0 aliphatic carbocycles. The minimum absolute atomic E-state index is 0.0824. The zero-order valence-electron chi connectivity index (χ0n) is 12.7. The Morgan fingerprint density at radius 2 is 2.04 bits per heavy atom. The van der Waals surface area contributed by atoms with Gasteiger partial charge in [0, 0.05) is 19.5 Å². The molecule has 0 unspecified atom stereocenters. The number of benzene rings is 1. The van der Waals surface area contributed by atoms with Crippen LogP contribution in [-0.2, 0) is 24.8 Å². The first-order chi connectivity index (χ1) is 11.1. The van der Waals surface area contributed by atoms with Gasteiger partial charge in [0.2, 0.25) is 5.91 Å². The molecule has 3 aromatic rings. The Kier molecular flexibility index (Phi) is 3.83. The van der Waals surface area contributed by atoms with Gasteiger partial charge >= 0.3 is 0 Å². The Bertz CT molecular complexity index is 915. The number of carbonyl (C=O) groups is 1. The minimum atomic E-state index is -0.268. The van der Waals surface area contributed by atoms with Gasteiger partial charge in [-0.15, -0.1) is 5.10 Å². The summed E-state index contributed by atoms with van der Waals surface area (Å²) in [5, 5.41) is 18.8.